The summed E-state index contributed by atoms with van der Waals surface area (Å²) in [4.78, 5) is 28.6. The standard InChI is InChI=1S/C28H27N3O3S/c1-4-17-7-11-19(12-8-17)22-15-23(32)31-26(30)21(16-29)24(20-13-9-18(5-2)10-14-20)25(27(31)35-22)28(33)34-6-3/h7-15,24H,4-6,30H2,1-3H3. The van der Waals surface area contributed by atoms with Gasteiger partial charge in [-0.1, -0.05) is 74.1 Å². The first-order valence-electron chi connectivity index (χ1n) is 11.7. The Morgan fingerprint density at radius 3 is 2.20 bits per heavy atom. The van der Waals surface area contributed by atoms with Gasteiger partial charge in [-0.15, -0.1) is 0 Å². The number of rotatable bonds is 6. The molecule has 2 N–H and O–H groups in total. The summed E-state index contributed by atoms with van der Waals surface area (Å²) < 4.78 is 5.42. The molecule has 2 aliphatic rings. The van der Waals surface area contributed by atoms with Gasteiger partial charge >= 0.3 is 5.97 Å². The summed E-state index contributed by atoms with van der Waals surface area (Å²) in [6.07, 6.45) is 3.27. The highest BCUT2D eigenvalue weighted by Crippen LogP contribution is 2.50. The maximum Gasteiger partial charge on any atom is 0.337 e. The van der Waals surface area contributed by atoms with Crippen LogP contribution in [-0.2, 0) is 27.2 Å². The highest BCUT2D eigenvalue weighted by molar-refractivity contribution is 8.11. The van der Waals surface area contributed by atoms with Gasteiger partial charge in [0, 0.05) is 11.0 Å². The second kappa shape index (κ2) is 10.2. The first kappa shape index (κ1) is 24.4. The molecule has 0 aliphatic carbocycles. The molecule has 1 amide bonds. The summed E-state index contributed by atoms with van der Waals surface area (Å²) in [6.45, 7) is 6.03. The van der Waals surface area contributed by atoms with E-state index in [-0.39, 0.29) is 23.6 Å². The number of thioether (sulfide) groups is 1. The fourth-order valence-corrected chi connectivity index (χ4v) is 5.47. The fraction of sp³-hybridized carbons (Fsp3) is 0.250. The second-order valence-corrected chi connectivity index (χ2v) is 9.24. The SMILES string of the molecule is CCOC(=O)C1=C2SC(c3ccc(CC)cc3)=CC(=O)N2C(N)=C(C#N)C1c1ccc(CC)cc1. The summed E-state index contributed by atoms with van der Waals surface area (Å²) in [5, 5.41) is 10.4. The molecule has 0 saturated carbocycles. The van der Waals surface area contributed by atoms with Crippen LogP contribution in [0.1, 0.15) is 48.9 Å². The minimum atomic E-state index is -0.738. The number of hydrogen-bond donors (Lipinski definition) is 1. The smallest absolute Gasteiger partial charge is 0.337 e. The monoisotopic (exact) mass is 485 g/mol. The van der Waals surface area contributed by atoms with Crippen molar-refractivity contribution < 1.29 is 14.3 Å². The van der Waals surface area contributed by atoms with Crippen LogP contribution in [0, 0.1) is 11.3 Å². The van der Waals surface area contributed by atoms with Crippen molar-refractivity contribution in [1.29, 1.82) is 5.26 Å². The predicted molar refractivity (Wildman–Crippen MR) is 137 cm³/mol. The highest BCUT2D eigenvalue weighted by atomic mass is 32.2. The van der Waals surface area contributed by atoms with Crippen LogP contribution in [0.2, 0.25) is 0 Å². The first-order chi connectivity index (χ1) is 16.9. The molecular weight excluding hydrogens is 458 g/mol. The number of aryl methyl sites for hydroxylation is 2. The molecule has 0 aromatic heterocycles. The van der Waals surface area contributed by atoms with Crippen molar-refractivity contribution in [2.24, 2.45) is 5.73 Å². The number of benzene rings is 2. The topological polar surface area (TPSA) is 96.4 Å². The molecule has 0 saturated heterocycles. The Balaban J connectivity index is 1.91. The van der Waals surface area contributed by atoms with Gasteiger partial charge in [-0.25, -0.2) is 4.79 Å². The number of allylic oxidation sites excluding steroid dienone is 1. The predicted octanol–water partition coefficient (Wildman–Crippen LogP) is 4.99. The van der Waals surface area contributed by atoms with Gasteiger partial charge in [-0.2, -0.15) is 5.26 Å². The van der Waals surface area contributed by atoms with Crippen LogP contribution < -0.4 is 5.73 Å². The highest BCUT2D eigenvalue weighted by Gasteiger charge is 2.43. The van der Waals surface area contributed by atoms with Crippen LogP contribution in [-0.4, -0.2) is 23.4 Å². The van der Waals surface area contributed by atoms with Gasteiger partial charge in [0.25, 0.3) is 5.91 Å². The molecule has 0 radical (unpaired) electrons. The van der Waals surface area contributed by atoms with E-state index in [4.69, 9.17) is 10.5 Å². The fourth-order valence-electron chi connectivity index (χ4n) is 4.26. The van der Waals surface area contributed by atoms with Crippen molar-refractivity contribution in [3.8, 4) is 6.07 Å². The molecule has 35 heavy (non-hydrogen) atoms. The van der Waals surface area contributed by atoms with E-state index in [0.29, 0.717) is 9.93 Å². The number of amides is 1. The Bertz CT molecular complexity index is 1300. The van der Waals surface area contributed by atoms with E-state index in [1.54, 1.807) is 6.92 Å². The van der Waals surface area contributed by atoms with Crippen molar-refractivity contribution >= 4 is 28.5 Å². The largest absolute Gasteiger partial charge is 0.463 e. The summed E-state index contributed by atoms with van der Waals surface area (Å²) in [6, 6.07) is 17.9. The van der Waals surface area contributed by atoms with Gasteiger partial charge in [0.1, 0.15) is 10.9 Å². The molecule has 2 aliphatic heterocycles. The molecular formula is C28H27N3O3S. The van der Waals surface area contributed by atoms with Gasteiger partial charge in [0.05, 0.1) is 29.7 Å². The van der Waals surface area contributed by atoms with Crippen molar-refractivity contribution in [3.05, 3.63) is 98.9 Å². The average molecular weight is 486 g/mol. The lowest BCUT2D eigenvalue weighted by molar-refractivity contribution is -0.138. The Kier molecular flexibility index (Phi) is 7.13. The van der Waals surface area contributed by atoms with Crippen LogP contribution >= 0.6 is 11.8 Å². The number of nitriles is 1. The van der Waals surface area contributed by atoms with Crippen LogP contribution in [0.5, 0.6) is 0 Å². The Hall–Kier alpha value is -3.76. The normalized spacial score (nSPS) is 17.7. The Morgan fingerprint density at radius 2 is 1.66 bits per heavy atom. The van der Waals surface area contributed by atoms with Crippen LogP contribution in [0.4, 0.5) is 0 Å². The lowest BCUT2D eigenvalue weighted by Gasteiger charge is -2.37. The molecule has 0 fully saturated rings. The van der Waals surface area contributed by atoms with E-state index >= 15 is 0 Å². The summed E-state index contributed by atoms with van der Waals surface area (Å²) >= 11 is 1.29. The zero-order chi connectivity index (χ0) is 25.1. The van der Waals surface area contributed by atoms with Crippen LogP contribution in [0.3, 0.4) is 0 Å². The zero-order valence-corrected chi connectivity index (χ0v) is 20.8. The Morgan fingerprint density at radius 1 is 1.06 bits per heavy atom. The van der Waals surface area contributed by atoms with Gasteiger partial charge in [-0.05, 0) is 42.0 Å². The Labute approximate surface area is 209 Å². The number of carbonyl (C=O) groups excluding carboxylic acids is 2. The number of nitrogens with two attached hydrogens (primary N) is 1. The molecule has 1 atom stereocenters. The minimum absolute atomic E-state index is 0.0363. The average Bonchev–Trinajstić information content (AvgIpc) is 2.88. The maximum absolute atomic E-state index is 13.3. The van der Waals surface area contributed by atoms with Crippen LogP contribution in [0.15, 0.2) is 76.6 Å². The zero-order valence-electron chi connectivity index (χ0n) is 20.0. The van der Waals surface area contributed by atoms with E-state index in [1.165, 1.54) is 28.3 Å². The van der Waals surface area contributed by atoms with Crippen molar-refractivity contribution in [2.45, 2.75) is 39.5 Å². The maximum atomic E-state index is 13.3. The van der Waals surface area contributed by atoms with Gasteiger partial charge in [0.15, 0.2) is 0 Å². The third-order valence-corrected chi connectivity index (χ3v) is 7.36. The molecule has 6 nitrogen and oxygen atoms in total. The van der Waals surface area contributed by atoms with E-state index in [2.05, 4.69) is 19.9 Å². The van der Waals surface area contributed by atoms with Gasteiger partial charge < -0.3 is 10.5 Å². The quantitative estimate of drug-likeness (QED) is 0.579. The molecule has 7 heteroatoms. The van der Waals surface area contributed by atoms with Crippen LogP contribution in [0.25, 0.3) is 4.91 Å². The number of carbonyl (C=O) groups is 2. The molecule has 4 rings (SSSR count). The summed E-state index contributed by atoms with van der Waals surface area (Å²) in [5.74, 6) is -1.67. The van der Waals surface area contributed by atoms with Gasteiger partial charge in [-0.3, -0.25) is 9.69 Å². The molecule has 1 unspecified atom stereocenters. The van der Waals surface area contributed by atoms with Gasteiger partial charge in [0.2, 0.25) is 0 Å². The number of ether oxygens (including phenoxy) is 1. The summed E-state index contributed by atoms with van der Waals surface area (Å²) in [5.41, 5.74) is 10.7. The number of nitrogens with zero attached hydrogens (tertiary/aromatic N) is 2. The minimum Gasteiger partial charge on any atom is -0.463 e. The molecule has 2 heterocycles. The van der Waals surface area contributed by atoms with E-state index in [9.17, 15) is 14.9 Å². The lowest BCUT2D eigenvalue weighted by Crippen LogP contribution is -2.40. The first-order valence-corrected chi connectivity index (χ1v) is 12.5. The van der Waals surface area contributed by atoms with Crippen molar-refractivity contribution in [3.63, 3.8) is 0 Å². The third kappa shape index (κ3) is 4.50. The number of hydrogen-bond acceptors (Lipinski definition) is 6. The van der Waals surface area contributed by atoms with Crippen molar-refractivity contribution in [2.75, 3.05) is 6.61 Å². The molecule has 2 aromatic rings. The third-order valence-electron chi connectivity index (χ3n) is 6.19. The van der Waals surface area contributed by atoms with E-state index in [1.807, 2.05) is 48.5 Å². The molecule has 0 bridgehead atoms. The summed E-state index contributed by atoms with van der Waals surface area (Å²) in [7, 11) is 0. The number of esters is 1. The molecule has 0 spiro atoms. The number of fused-ring (bicyclic) bond motifs is 1. The van der Waals surface area contributed by atoms with E-state index in [0.717, 1.165) is 29.5 Å². The molecule has 178 valence electrons. The van der Waals surface area contributed by atoms with Crippen molar-refractivity contribution in [1.82, 2.24) is 4.90 Å². The lowest BCUT2D eigenvalue weighted by atomic mass is 9.82. The second-order valence-electron chi connectivity index (χ2n) is 8.21. The van der Waals surface area contributed by atoms with E-state index < -0.39 is 17.8 Å². The molecule has 2 aromatic carbocycles.